The minimum absolute atomic E-state index is 0.129. The lowest BCUT2D eigenvalue weighted by molar-refractivity contribution is -0.140. The molecule has 2 heterocycles. The second kappa shape index (κ2) is 8.55. The number of aryl methyl sites for hydroxylation is 2. The maximum atomic E-state index is 12.6. The number of rotatable bonds is 6. The standard InChI is InChI=1S/C19H23N3O2/c23-19(9-6-16-4-2-1-3-5-16)22-12-13-24-15-18(22)8-7-17-14-20-10-11-21-17/h1-5,10-11,14,18H,6-9,12-13,15H2/t18-/m0/s1. The van der Waals surface area contributed by atoms with Crippen molar-refractivity contribution in [1.29, 1.82) is 0 Å². The van der Waals surface area contributed by atoms with Crippen LogP contribution in [0.15, 0.2) is 48.9 Å². The van der Waals surface area contributed by atoms with Gasteiger partial charge in [-0.05, 0) is 24.8 Å². The molecule has 1 aromatic carbocycles. The van der Waals surface area contributed by atoms with Crippen LogP contribution in [0.5, 0.6) is 0 Å². The van der Waals surface area contributed by atoms with Crippen LogP contribution in [0.1, 0.15) is 24.1 Å². The average molecular weight is 325 g/mol. The molecule has 1 aliphatic rings. The van der Waals surface area contributed by atoms with Crippen LogP contribution in [0.2, 0.25) is 0 Å². The maximum absolute atomic E-state index is 12.6. The second-order valence-corrected chi connectivity index (χ2v) is 6.04. The first-order chi connectivity index (χ1) is 11.8. The van der Waals surface area contributed by atoms with Gasteiger partial charge in [0.1, 0.15) is 0 Å². The Morgan fingerprint density at radius 1 is 1.21 bits per heavy atom. The number of hydrogen-bond donors (Lipinski definition) is 0. The molecule has 1 saturated heterocycles. The van der Waals surface area contributed by atoms with E-state index in [9.17, 15) is 4.79 Å². The smallest absolute Gasteiger partial charge is 0.223 e. The first-order valence-corrected chi connectivity index (χ1v) is 8.49. The van der Waals surface area contributed by atoms with Gasteiger partial charge in [-0.15, -0.1) is 0 Å². The summed E-state index contributed by atoms with van der Waals surface area (Å²) in [6.45, 7) is 1.91. The highest BCUT2D eigenvalue weighted by Crippen LogP contribution is 2.15. The van der Waals surface area contributed by atoms with Gasteiger partial charge >= 0.3 is 0 Å². The predicted molar refractivity (Wildman–Crippen MR) is 91.4 cm³/mol. The van der Waals surface area contributed by atoms with Gasteiger partial charge in [0.2, 0.25) is 5.91 Å². The molecule has 24 heavy (non-hydrogen) atoms. The van der Waals surface area contributed by atoms with E-state index in [1.165, 1.54) is 5.56 Å². The fourth-order valence-corrected chi connectivity index (χ4v) is 3.04. The summed E-state index contributed by atoms with van der Waals surface area (Å²) in [5.74, 6) is 0.214. The number of morpholine rings is 1. The first-order valence-electron chi connectivity index (χ1n) is 8.49. The summed E-state index contributed by atoms with van der Waals surface area (Å²) in [7, 11) is 0. The molecule has 0 saturated carbocycles. The number of hydrogen-bond acceptors (Lipinski definition) is 4. The molecule has 0 radical (unpaired) electrons. The van der Waals surface area contributed by atoms with Crippen molar-refractivity contribution in [3.05, 3.63) is 60.2 Å². The van der Waals surface area contributed by atoms with Crippen LogP contribution in [0, 0.1) is 0 Å². The van der Waals surface area contributed by atoms with E-state index in [0.717, 1.165) is 25.0 Å². The number of carbonyl (C=O) groups is 1. The highest BCUT2D eigenvalue weighted by molar-refractivity contribution is 5.77. The molecule has 1 amide bonds. The molecule has 5 nitrogen and oxygen atoms in total. The lowest BCUT2D eigenvalue weighted by Crippen LogP contribution is -2.49. The third-order valence-electron chi connectivity index (χ3n) is 4.37. The Balaban J connectivity index is 1.54. The number of carbonyl (C=O) groups excluding carboxylic acids is 1. The van der Waals surface area contributed by atoms with Crippen molar-refractivity contribution >= 4 is 5.91 Å². The molecule has 1 aromatic heterocycles. The van der Waals surface area contributed by atoms with E-state index in [0.29, 0.717) is 26.2 Å². The van der Waals surface area contributed by atoms with Crippen molar-refractivity contribution in [2.75, 3.05) is 19.8 Å². The maximum Gasteiger partial charge on any atom is 0.223 e. The highest BCUT2D eigenvalue weighted by atomic mass is 16.5. The van der Waals surface area contributed by atoms with Crippen LogP contribution in [-0.2, 0) is 22.4 Å². The number of nitrogens with zero attached hydrogens (tertiary/aromatic N) is 3. The lowest BCUT2D eigenvalue weighted by Gasteiger charge is -2.35. The van der Waals surface area contributed by atoms with Crippen LogP contribution in [0.3, 0.4) is 0 Å². The summed E-state index contributed by atoms with van der Waals surface area (Å²) in [4.78, 5) is 23.0. The number of aromatic nitrogens is 2. The van der Waals surface area contributed by atoms with E-state index in [4.69, 9.17) is 4.74 Å². The summed E-state index contributed by atoms with van der Waals surface area (Å²) in [5, 5.41) is 0. The van der Waals surface area contributed by atoms with Gasteiger partial charge in [-0.25, -0.2) is 0 Å². The van der Waals surface area contributed by atoms with Gasteiger partial charge < -0.3 is 9.64 Å². The third-order valence-corrected chi connectivity index (χ3v) is 4.37. The summed E-state index contributed by atoms with van der Waals surface area (Å²) in [6, 6.07) is 10.3. The summed E-state index contributed by atoms with van der Waals surface area (Å²) in [6.07, 6.45) is 8.16. The summed E-state index contributed by atoms with van der Waals surface area (Å²) in [5.41, 5.74) is 2.16. The second-order valence-electron chi connectivity index (χ2n) is 6.04. The highest BCUT2D eigenvalue weighted by Gasteiger charge is 2.26. The molecule has 2 aromatic rings. The van der Waals surface area contributed by atoms with Crippen LogP contribution in [0.25, 0.3) is 0 Å². The molecule has 126 valence electrons. The molecule has 1 fully saturated rings. The zero-order valence-electron chi connectivity index (χ0n) is 13.8. The van der Waals surface area contributed by atoms with E-state index >= 15 is 0 Å². The number of ether oxygens (including phenoxy) is 1. The Labute approximate surface area is 142 Å². The van der Waals surface area contributed by atoms with Crippen molar-refractivity contribution in [2.45, 2.75) is 31.7 Å². The third kappa shape index (κ3) is 4.61. The van der Waals surface area contributed by atoms with Gasteiger partial charge in [-0.1, -0.05) is 30.3 Å². The Kier molecular flexibility index (Phi) is 5.90. The monoisotopic (exact) mass is 325 g/mol. The molecular weight excluding hydrogens is 302 g/mol. The average Bonchev–Trinajstić information content (AvgIpc) is 2.66. The SMILES string of the molecule is O=C(CCc1ccccc1)N1CCOC[C@@H]1CCc1cnccn1. The van der Waals surface area contributed by atoms with Gasteiger partial charge in [0.05, 0.1) is 24.9 Å². The van der Waals surface area contributed by atoms with Crippen molar-refractivity contribution in [3.8, 4) is 0 Å². The van der Waals surface area contributed by atoms with E-state index in [1.807, 2.05) is 23.1 Å². The normalized spacial score (nSPS) is 17.7. The van der Waals surface area contributed by atoms with Crippen molar-refractivity contribution in [2.24, 2.45) is 0 Å². The van der Waals surface area contributed by atoms with E-state index in [-0.39, 0.29) is 11.9 Å². The molecule has 3 rings (SSSR count). The van der Waals surface area contributed by atoms with Gasteiger partial charge in [0, 0.05) is 31.6 Å². The largest absolute Gasteiger partial charge is 0.377 e. The molecule has 5 heteroatoms. The molecule has 0 unspecified atom stereocenters. The number of benzene rings is 1. The van der Waals surface area contributed by atoms with E-state index < -0.39 is 0 Å². The topological polar surface area (TPSA) is 55.3 Å². The fraction of sp³-hybridized carbons (Fsp3) is 0.421. The van der Waals surface area contributed by atoms with Gasteiger partial charge in [0.15, 0.2) is 0 Å². The molecule has 1 atom stereocenters. The molecule has 0 aliphatic carbocycles. The molecule has 0 spiro atoms. The minimum atomic E-state index is 0.129. The zero-order chi connectivity index (χ0) is 16.6. The molecular formula is C19H23N3O2. The summed E-state index contributed by atoms with van der Waals surface area (Å²) < 4.78 is 5.58. The first kappa shape index (κ1) is 16.6. The summed E-state index contributed by atoms with van der Waals surface area (Å²) >= 11 is 0. The van der Waals surface area contributed by atoms with Crippen molar-refractivity contribution < 1.29 is 9.53 Å². The van der Waals surface area contributed by atoms with Gasteiger partial charge in [-0.2, -0.15) is 0 Å². The van der Waals surface area contributed by atoms with Crippen LogP contribution < -0.4 is 0 Å². The van der Waals surface area contributed by atoms with Crippen LogP contribution >= 0.6 is 0 Å². The van der Waals surface area contributed by atoms with Gasteiger partial charge in [-0.3, -0.25) is 14.8 Å². The van der Waals surface area contributed by atoms with Gasteiger partial charge in [0.25, 0.3) is 0 Å². The molecule has 0 N–H and O–H groups in total. The Bertz CT molecular complexity index is 634. The zero-order valence-corrected chi connectivity index (χ0v) is 13.8. The quantitative estimate of drug-likeness (QED) is 0.817. The fourth-order valence-electron chi connectivity index (χ4n) is 3.04. The molecule has 0 bridgehead atoms. The minimum Gasteiger partial charge on any atom is -0.377 e. The van der Waals surface area contributed by atoms with Crippen molar-refractivity contribution in [1.82, 2.24) is 14.9 Å². The lowest BCUT2D eigenvalue weighted by atomic mass is 10.1. The van der Waals surface area contributed by atoms with Crippen LogP contribution in [0.4, 0.5) is 0 Å². The Hall–Kier alpha value is -2.27. The van der Waals surface area contributed by atoms with Crippen molar-refractivity contribution in [3.63, 3.8) is 0 Å². The molecule has 1 aliphatic heterocycles. The Morgan fingerprint density at radius 3 is 2.88 bits per heavy atom. The van der Waals surface area contributed by atoms with E-state index in [2.05, 4.69) is 22.1 Å². The van der Waals surface area contributed by atoms with Crippen LogP contribution in [-0.4, -0.2) is 46.6 Å². The van der Waals surface area contributed by atoms with E-state index in [1.54, 1.807) is 18.6 Å². The Morgan fingerprint density at radius 2 is 2.08 bits per heavy atom. The number of amides is 1. The predicted octanol–water partition coefficient (Wildman–Crippen LogP) is 2.27.